The van der Waals surface area contributed by atoms with Crippen LogP contribution >= 0.6 is 31.9 Å². The van der Waals surface area contributed by atoms with Crippen LogP contribution in [-0.4, -0.2) is 13.0 Å². The Morgan fingerprint density at radius 1 is 1.43 bits per heavy atom. The van der Waals surface area contributed by atoms with Gasteiger partial charge in [0.05, 0.1) is 0 Å². The van der Waals surface area contributed by atoms with Crippen LogP contribution in [0.4, 0.5) is 0 Å². The molecule has 0 fully saturated rings. The smallest absolute Gasteiger partial charge is 0.239 e. The minimum absolute atomic E-state index is 0.387. The first-order valence-corrected chi connectivity index (χ1v) is 5.56. The molecule has 5 heteroatoms. The number of halogens is 2. The van der Waals surface area contributed by atoms with E-state index in [0.29, 0.717) is 0 Å². The molecule has 0 aliphatic carbocycles. The lowest BCUT2D eigenvalue weighted by molar-refractivity contribution is -0.120. The number of amides is 1. The number of nitrogens with one attached hydrogen (secondary N) is 1. The maximum Gasteiger partial charge on any atom is 0.239 e. The summed E-state index contributed by atoms with van der Waals surface area (Å²) < 4.78 is 1.84. The van der Waals surface area contributed by atoms with E-state index in [9.17, 15) is 4.79 Å². The van der Waals surface area contributed by atoms with Gasteiger partial charge in [0.2, 0.25) is 5.91 Å². The molecule has 0 aliphatic heterocycles. The van der Waals surface area contributed by atoms with E-state index < -0.39 is 6.04 Å². The van der Waals surface area contributed by atoms with E-state index >= 15 is 0 Å². The van der Waals surface area contributed by atoms with Crippen LogP contribution in [0.5, 0.6) is 0 Å². The number of primary amides is 1. The Hall–Kier alpha value is -0.390. The van der Waals surface area contributed by atoms with E-state index in [1.54, 1.807) is 7.05 Å². The molecular weight excluding hydrogens is 312 g/mol. The Morgan fingerprint density at radius 2 is 2.07 bits per heavy atom. The monoisotopic (exact) mass is 320 g/mol. The molecular formula is C9H10Br2N2O. The highest BCUT2D eigenvalue weighted by atomic mass is 79.9. The lowest BCUT2D eigenvalue weighted by Gasteiger charge is -2.13. The van der Waals surface area contributed by atoms with Crippen LogP contribution in [0.25, 0.3) is 0 Å². The molecule has 1 atom stereocenters. The first kappa shape index (κ1) is 11.7. The molecule has 1 aromatic carbocycles. The molecule has 0 aliphatic rings. The number of likely N-dealkylation sites (N-methyl/N-ethyl adjacent to an activating group) is 1. The fourth-order valence-electron chi connectivity index (χ4n) is 1.17. The van der Waals surface area contributed by atoms with E-state index in [4.69, 9.17) is 5.73 Å². The first-order valence-electron chi connectivity index (χ1n) is 3.97. The molecule has 3 nitrogen and oxygen atoms in total. The summed E-state index contributed by atoms with van der Waals surface area (Å²) in [7, 11) is 1.70. The molecule has 1 amide bonds. The van der Waals surface area contributed by atoms with E-state index in [-0.39, 0.29) is 5.91 Å². The number of benzene rings is 1. The van der Waals surface area contributed by atoms with Crippen molar-refractivity contribution in [3.8, 4) is 0 Å². The van der Waals surface area contributed by atoms with Crippen molar-refractivity contribution in [2.45, 2.75) is 6.04 Å². The van der Waals surface area contributed by atoms with Gasteiger partial charge in [0.25, 0.3) is 0 Å². The normalized spacial score (nSPS) is 12.5. The number of hydrogen-bond donors (Lipinski definition) is 2. The van der Waals surface area contributed by atoms with Gasteiger partial charge in [-0.05, 0) is 56.6 Å². The molecule has 3 N–H and O–H groups in total. The van der Waals surface area contributed by atoms with Gasteiger partial charge in [0, 0.05) is 8.95 Å². The highest BCUT2D eigenvalue weighted by molar-refractivity contribution is 9.13. The van der Waals surface area contributed by atoms with Crippen molar-refractivity contribution in [1.29, 1.82) is 0 Å². The first-order chi connectivity index (χ1) is 6.56. The van der Waals surface area contributed by atoms with Gasteiger partial charge in [-0.15, -0.1) is 0 Å². The van der Waals surface area contributed by atoms with Gasteiger partial charge < -0.3 is 11.1 Å². The number of rotatable bonds is 3. The topological polar surface area (TPSA) is 55.1 Å². The molecule has 0 heterocycles. The Bertz CT molecular complexity index is 355. The largest absolute Gasteiger partial charge is 0.368 e. The zero-order chi connectivity index (χ0) is 10.7. The molecule has 1 rings (SSSR count). The number of carbonyl (C=O) groups is 1. The van der Waals surface area contributed by atoms with Crippen LogP contribution in [0.1, 0.15) is 11.6 Å². The zero-order valence-electron chi connectivity index (χ0n) is 7.55. The van der Waals surface area contributed by atoms with Crippen LogP contribution in [0, 0.1) is 0 Å². The SMILES string of the molecule is CNC(C(N)=O)c1ccc(Br)c(Br)c1. The summed E-state index contributed by atoms with van der Waals surface area (Å²) >= 11 is 6.72. The molecule has 76 valence electrons. The fraction of sp³-hybridized carbons (Fsp3) is 0.222. The van der Waals surface area contributed by atoms with Crippen molar-refractivity contribution in [2.24, 2.45) is 5.73 Å². The fourth-order valence-corrected chi connectivity index (χ4v) is 1.81. The summed E-state index contributed by atoms with van der Waals surface area (Å²) in [5.41, 5.74) is 6.08. The lowest BCUT2D eigenvalue weighted by atomic mass is 10.1. The van der Waals surface area contributed by atoms with Gasteiger partial charge >= 0.3 is 0 Å². The summed E-state index contributed by atoms with van der Waals surface area (Å²) in [6.45, 7) is 0. The minimum atomic E-state index is -0.445. The average molecular weight is 322 g/mol. The van der Waals surface area contributed by atoms with Crippen molar-refractivity contribution < 1.29 is 4.79 Å². The Kier molecular flexibility index (Phi) is 4.10. The van der Waals surface area contributed by atoms with Crippen molar-refractivity contribution >= 4 is 37.8 Å². The Labute approximate surface area is 99.3 Å². The van der Waals surface area contributed by atoms with Gasteiger partial charge in [0.15, 0.2) is 0 Å². The molecule has 0 saturated carbocycles. The summed E-state index contributed by atoms with van der Waals surface area (Å²) in [5, 5.41) is 2.85. The highest BCUT2D eigenvalue weighted by Gasteiger charge is 2.15. The van der Waals surface area contributed by atoms with E-state index in [1.165, 1.54) is 0 Å². The number of hydrogen-bond acceptors (Lipinski definition) is 2. The maximum atomic E-state index is 11.1. The third-order valence-electron chi connectivity index (χ3n) is 1.85. The Balaban J connectivity index is 3.06. The molecule has 0 aromatic heterocycles. The van der Waals surface area contributed by atoms with Gasteiger partial charge in [-0.3, -0.25) is 4.79 Å². The summed E-state index contributed by atoms with van der Waals surface area (Å²) in [6, 6.07) is 5.13. The highest BCUT2D eigenvalue weighted by Crippen LogP contribution is 2.26. The second-order valence-corrected chi connectivity index (χ2v) is 4.51. The molecule has 14 heavy (non-hydrogen) atoms. The molecule has 0 radical (unpaired) electrons. The molecule has 0 spiro atoms. The van der Waals surface area contributed by atoms with Crippen molar-refractivity contribution in [3.63, 3.8) is 0 Å². The number of carbonyl (C=O) groups excluding carboxylic acids is 1. The van der Waals surface area contributed by atoms with Crippen LogP contribution in [0.3, 0.4) is 0 Å². The quantitative estimate of drug-likeness (QED) is 0.894. The summed E-state index contributed by atoms with van der Waals surface area (Å²) in [6.07, 6.45) is 0. The van der Waals surface area contributed by atoms with E-state index in [1.807, 2.05) is 18.2 Å². The van der Waals surface area contributed by atoms with Crippen molar-refractivity contribution in [2.75, 3.05) is 7.05 Å². The second-order valence-electron chi connectivity index (χ2n) is 2.80. The van der Waals surface area contributed by atoms with E-state index in [2.05, 4.69) is 37.2 Å². The van der Waals surface area contributed by atoms with Crippen LogP contribution in [-0.2, 0) is 4.79 Å². The van der Waals surface area contributed by atoms with Crippen molar-refractivity contribution in [3.05, 3.63) is 32.7 Å². The standard InChI is InChI=1S/C9H10Br2N2O/c1-13-8(9(12)14)5-2-3-6(10)7(11)4-5/h2-4,8,13H,1H3,(H2,12,14). The third-order valence-corrected chi connectivity index (χ3v) is 3.73. The summed E-state index contributed by atoms with van der Waals surface area (Å²) in [4.78, 5) is 11.1. The van der Waals surface area contributed by atoms with Gasteiger partial charge in [-0.1, -0.05) is 6.07 Å². The minimum Gasteiger partial charge on any atom is -0.368 e. The van der Waals surface area contributed by atoms with Crippen LogP contribution in [0.2, 0.25) is 0 Å². The van der Waals surface area contributed by atoms with Crippen LogP contribution < -0.4 is 11.1 Å². The predicted octanol–water partition coefficient (Wildman–Crippen LogP) is 1.96. The van der Waals surface area contributed by atoms with Gasteiger partial charge in [-0.2, -0.15) is 0 Å². The Morgan fingerprint density at radius 3 is 2.50 bits per heavy atom. The van der Waals surface area contributed by atoms with Crippen LogP contribution in [0.15, 0.2) is 27.1 Å². The maximum absolute atomic E-state index is 11.1. The van der Waals surface area contributed by atoms with Crippen molar-refractivity contribution in [1.82, 2.24) is 5.32 Å². The lowest BCUT2D eigenvalue weighted by Crippen LogP contribution is -2.31. The molecule has 0 bridgehead atoms. The summed E-state index contributed by atoms with van der Waals surface area (Å²) in [5.74, 6) is -0.387. The molecule has 1 aromatic rings. The molecule has 0 saturated heterocycles. The van der Waals surface area contributed by atoms with Gasteiger partial charge in [-0.25, -0.2) is 0 Å². The molecule has 1 unspecified atom stereocenters. The number of nitrogens with two attached hydrogens (primary N) is 1. The predicted molar refractivity (Wildman–Crippen MR) is 62.8 cm³/mol. The third kappa shape index (κ3) is 2.56. The average Bonchev–Trinajstić information content (AvgIpc) is 2.11. The van der Waals surface area contributed by atoms with Gasteiger partial charge in [0.1, 0.15) is 6.04 Å². The second kappa shape index (κ2) is 4.91. The zero-order valence-corrected chi connectivity index (χ0v) is 10.7. The van der Waals surface area contributed by atoms with E-state index in [0.717, 1.165) is 14.5 Å².